The fourth-order valence-corrected chi connectivity index (χ4v) is 0.906. The zero-order chi connectivity index (χ0) is 9.84. The Kier molecular flexibility index (Phi) is 2.74. The van der Waals surface area contributed by atoms with E-state index in [1.807, 2.05) is 0 Å². The SMILES string of the molecule is CC(=O)NCc1ccc(O)c(O)c1. The Labute approximate surface area is 75.8 Å². The molecule has 0 heterocycles. The van der Waals surface area contributed by atoms with Gasteiger partial charge >= 0.3 is 0 Å². The summed E-state index contributed by atoms with van der Waals surface area (Å²) in [7, 11) is 0. The van der Waals surface area contributed by atoms with E-state index in [1.165, 1.54) is 19.1 Å². The molecule has 13 heavy (non-hydrogen) atoms. The van der Waals surface area contributed by atoms with Crippen LogP contribution < -0.4 is 5.32 Å². The number of carbonyl (C=O) groups excluding carboxylic acids is 1. The molecule has 1 rings (SSSR count). The van der Waals surface area contributed by atoms with Crippen molar-refractivity contribution in [2.75, 3.05) is 0 Å². The number of rotatable bonds is 2. The molecule has 3 N–H and O–H groups in total. The summed E-state index contributed by atoms with van der Waals surface area (Å²) in [6, 6.07) is 4.42. The van der Waals surface area contributed by atoms with E-state index in [2.05, 4.69) is 5.32 Å². The van der Waals surface area contributed by atoms with Crippen molar-refractivity contribution in [2.45, 2.75) is 13.5 Å². The van der Waals surface area contributed by atoms with Gasteiger partial charge in [0, 0.05) is 13.5 Å². The molecule has 1 amide bonds. The minimum Gasteiger partial charge on any atom is -0.504 e. The fraction of sp³-hybridized carbons (Fsp3) is 0.222. The van der Waals surface area contributed by atoms with Crippen LogP contribution in [0.3, 0.4) is 0 Å². The second kappa shape index (κ2) is 3.80. The van der Waals surface area contributed by atoms with E-state index in [1.54, 1.807) is 6.07 Å². The molecule has 4 heteroatoms. The average molecular weight is 181 g/mol. The van der Waals surface area contributed by atoms with Crippen LogP contribution in [0.4, 0.5) is 0 Å². The molecule has 0 unspecified atom stereocenters. The van der Waals surface area contributed by atoms with Crippen LogP contribution in [0.15, 0.2) is 18.2 Å². The second-order valence-corrected chi connectivity index (χ2v) is 2.73. The van der Waals surface area contributed by atoms with Gasteiger partial charge in [-0.05, 0) is 17.7 Å². The molecule has 0 bridgehead atoms. The number of phenols is 2. The molecule has 0 aliphatic heterocycles. The van der Waals surface area contributed by atoms with E-state index >= 15 is 0 Å². The van der Waals surface area contributed by atoms with Crippen molar-refractivity contribution in [3.05, 3.63) is 23.8 Å². The van der Waals surface area contributed by atoms with Gasteiger partial charge in [-0.1, -0.05) is 6.07 Å². The largest absolute Gasteiger partial charge is 0.504 e. The lowest BCUT2D eigenvalue weighted by Crippen LogP contribution is -2.18. The first kappa shape index (κ1) is 9.38. The highest BCUT2D eigenvalue weighted by atomic mass is 16.3. The molecule has 0 aliphatic carbocycles. The van der Waals surface area contributed by atoms with E-state index < -0.39 is 0 Å². The minimum atomic E-state index is -0.178. The van der Waals surface area contributed by atoms with Crippen molar-refractivity contribution in [3.63, 3.8) is 0 Å². The average Bonchev–Trinajstić information content (AvgIpc) is 2.07. The van der Waals surface area contributed by atoms with Gasteiger partial charge in [0.2, 0.25) is 5.91 Å². The van der Waals surface area contributed by atoms with Crippen molar-refractivity contribution in [2.24, 2.45) is 0 Å². The Hall–Kier alpha value is -1.71. The maximum absolute atomic E-state index is 10.5. The predicted octanol–water partition coefficient (Wildman–Crippen LogP) is 0.734. The lowest BCUT2D eigenvalue weighted by molar-refractivity contribution is -0.119. The van der Waals surface area contributed by atoms with E-state index in [4.69, 9.17) is 10.2 Å². The smallest absolute Gasteiger partial charge is 0.217 e. The third-order valence-electron chi connectivity index (χ3n) is 1.58. The number of hydrogen-bond donors (Lipinski definition) is 3. The molecule has 70 valence electrons. The molecule has 4 nitrogen and oxygen atoms in total. The Morgan fingerprint density at radius 3 is 2.62 bits per heavy atom. The molecule has 1 aromatic carbocycles. The monoisotopic (exact) mass is 181 g/mol. The van der Waals surface area contributed by atoms with Crippen molar-refractivity contribution < 1.29 is 15.0 Å². The van der Waals surface area contributed by atoms with Crippen LogP contribution in [0.5, 0.6) is 11.5 Å². The number of carbonyl (C=O) groups is 1. The zero-order valence-corrected chi connectivity index (χ0v) is 7.24. The quantitative estimate of drug-likeness (QED) is 0.589. The first-order valence-corrected chi connectivity index (χ1v) is 3.85. The van der Waals surface area contributed by atoms with E-state index in [0.717, 1.165) is 5.56 Å². The fourth-order valence-electron chi connectivity index (χ4n) is 0.906. The van der Waals surface area contributed by atoms with E-state index in [0.29, 0.717) is 6.54 Å². The molecule has 0 saturated heterocycles. The number of aromatic hydroxyl groups is 2. The summed E-state index contributed by atoms with van der Waals surface area (Å²) in [6.45, 7) is 1.77. The summed E-state index contributed by atoms with van der Waals surface area (Å²) in [4.78, 5) is 10.5. The molecule has 0 aliphatic rings. The van der Waals surface area contributed by atoms with Crippen molar-refractivity contribution in [1.82, 2.24) is 5.32 Å². The number of phenolic OH excluding ortho intramolecular Hbond substituents is 2. The van der Waals surface area contributed by atoms with Crippen LogP contribution in [0.1, 0.15) is 12.5 Å². The maximum atomic E-state index is 10.5. The Bertz CT molecular complexity index is 323. The van der Waals surface area contributed by atoms with Gasteiger partial charge in [0.15, 0.2) is 11.5 Å². The topological polar surface area (TPSA) is 69.6 Å². The third-order valence-corrected chi connectivity index (χ3v) is 1.58. The highest BCUT2D eigenvalue weighted by Crippen LogP contribution is 2.24. The van der Waals surface area contributed by atoms with Crippen LogP contribution in [0.25, 0.3) is 0 Å². The highest BCUT2D eigenvalue weighted by molar-refractivity contribution is 5.72. The lowest BCUT2D eigenvalue weighted by Gasteiger charge is -2.03. The first-order chi connectivity index (χ1) is 6.09. The molecule has 0 aromatic heterocycles. The second-order valence-electron chi connectivity index (χ2n) is 2.73. The van der Waals surface area contributed by atoms with Crippen LogP contribution in [-0.2, 0) is 11.3 Å². The number of benzene rings is 1. The minimum absolute atomic E-state index is 0.132. The van der Waals surface area contributed by atoms with Gasteiger partial charge in [-0.25, -0.2) is 0 Å². The summed E-state index contributed by atoms with van der Waals surface area (Å²) < 4.78 is 0. The van der Waals surface area contributed by atoms with Gasteiger partial charge in [-0.15, -0.1) is 0 Å². The molecule has 0 saturated carbocycles. The maximum Gasteiger partial charge on any atom is 0.217 e. The molecule has 0 atom stereocenters. The van der Waals surface area contributed by atoms with Gasteiger partial charge in [-0.2, -0.15) is 0 Å². The number of hydrogen-bond acceptors (Lipinski definition) is 3. The summed E-state index contributed by atoms with van der Waals surface area (Å²) in [6.07, 6.45) is 0. The molecule has 1 aromatic rings. The van der Waals surface area contributed by atoms with Crippen LogP contribution in [0, 0.1) is 0 Å². The standard InChI is InChI=1S/C9H11NO3/c1-6(11)10-5-7-2-3-8(12)9(13)4-7/h2-4,12-13H,5H2,1H3,(H,10,11). The van der Waals surface area contributed by atoms with Crippen LogP contribution >= 0.6 is 0 Å². The van der Waals surface area contributed by atoms with E-state index in [9.17, 15) is 4.79 Å². The normalized spacial score (nSPS) is 9.62. The molecular formula is C9H11NO3. The molecular weight excluding hydrogens is 170 g/mol. The van der Waals surface area contributed by atoms with Gasteiger partial charge in [-0.3, -0.25) is 4.79 Å². The molecule has 0 fully saturated rings. The van der Waals surface area contributed by atoms with Gasteiger partial charge in [0.05, 0.1) is 0 Å². The molecule has 0 radical (unpaired) electrons. The van der Waals surface area contributed by atoms with Crippen molar-refractivity contribution >= 4 is 5.91 Å². The van der Waals surface area contributed by atoms with Gasteiger partial charge in [0.25, 0.3) is 0 Å². The summed E-state index contributed by atoms with van der Waals surface area (Å²) in [5.41, 5.74) is 0.741. The summed E-state index contributed by atoms with van der Waals surface area (Å²) >= 11 is 0. The van der Waals surface area contributed by atoms with Crippen LogP contribution in [0.2, 0.25) is 0 Å². The number of amides is 1. The van der Waals surface area contributed by atoms with Gasteiger partial charge < -0.3 is 15.5 Å². The van der Waals surface area contributed by atoms with E-state index in [-0.39, 0.29) is 17.4 Å². The van der Waals surface area contributed by atoms with Crippen molar-refractivity contribution in [3.8, 4) is 11.5 Å². The Balaban J connectivity index is 2.68. The number of nitrogens with one attached hydrogen (secondary N) is 1. The van der Waals surface area contributed by atoms with Crippen LogP contribution in [-0.4, -0.2) is 16.1 Å². The van der Waals surface area contributed by atoms with Gasteiger partial charge in [0.1, 0.15) is 0 Å². The summed E-state index contributed by atoms with van der Waals surface area (Å²) in [5, 5.41) is 20.7. The zero-order valence-electron chi connectivity index (χ0n) is 7.24. The van der Waals surface area contributed by atoms with Crippen molar-refractivity contribution in [1.29, 1.82) is 0 Å². The molecule has 0 spiro atoms. The Morgan fingerprint density at radius 2 is 2.08 bits per heavy atom. The Morgan fingerprint density at radius 1 is 1.38 bits per heavy atom. The first-order valence-electron chi connectivity index (χ1n) is 3.85. The predicted molar refractivity (Wildman–Crippen MR) is 47.3 cm³/mol. The third kappa shape index (κ3) is 2.66. The highest BCUT2D eigenvalue weighted by Gasteiger charge is 2.00. The summed E-state index contributed by atoms with van der Waals surface area (Å²) in [5.74, 6) is -0.470. The lowest BCUT2D eigenvalue weighted by atomic mass is 10.2.